The van der Waals surface area contributed by atoms with Crippen molar-refractivity contribution in [3.63, 3.8) is 0 Å². The monoisotopic (exact) mass is 209 g/mol. The zero-order valence-corrected chi connectivity index (χ0v) is 7.68. The van der Waals surface area contributed by atoms with Crippen molar-refractivity contribution in [1.82, 2.24) is 4.98 Å². The van der Waals surface area contributed by atoms with Gasteiger partial charge in [0.05, 0.1) is 17.5 Å². The second kappa shape index (κ2) is 4.99. The molecule has 0 unspecified atom stereocenters. The SMILES string of the molecule is O=CCC=Cc1cc(C(=O)O)c(F)cn1. The zero-order valence-electron chi connectivity index (χ0n) is 7.68. The molecule has 78 valence electrons. The van der Waals surface area contributed by atoms with Crippen LogP contribution in [0, 0.1) is 5.82 Å². The van der Waals surface area contributed by atoms with Crippen molar-refractivity contribution >= 4 is 18.3 Å². The average molecular weight is 209 g/mol. The Kier molecular flexibility index (Phi) is 3.68. The van der Waals surface area contributed by atoms with Crippen LogP contribution in [0.4, 0.5) is 4.39 Å². The summed E-state index contributed by atoms with van der Waals surface area (Å²) in [4.78, 5) is 24.2. The number of allylic oxidation sites excluding steroid dienone is 1. The summed E-state index contributed by atoms with van der Waals surface area (Å²) >= 11 is 0. The lowest BCUT2D eigenvalue weighted by Gasteiger charge is -1.97. The molecule has 4 nitrogen and oxygen atoms in total. The Balaban J connectivity index is 2.97. The van der Waals surface area contributed by atoms with Gasteiger partial charge in [-0.15, -0.1) is 0 Å². The van der Waals surface area contributed by atoms with Gasteiger partial charge in [-0.05, 0) is 12.1 Å². The summed E-state index contributed by atoms with van der Waals surface area (Å²) in [6, 6.07) is 1.11. The minimum absolute atomic E-state index is 0.210. The summed E-state index contributed by atoms with van der Waals surface area (Å²) in [5.74, 6) is -2.23. The molecule has 1 aromatic rings. The van der Waals surface area contributed by atoms with Gasteiger partial charge in [0, 0.05) is 6.42 Å². The second-order valence-corrected chi connectivity index (χ2v) is 2.70. The lowest BCUT2D eigenvalue weighted by Crippen LogP contribution is -2.01. The molecule has 1 heterocycles. The Bertz CT molecular complexity index is 415. The molecular weight excluding hydrogens is 201 g/mol. The number of rotatable bonds is 4. The van der Waals surface area contributed by atoms with Crippen molar-refractivity contribution in [3.8, 4) is 0 Å². The molecule has 1 aromatic heterocycles. The number of aromatic carboxylic acids is 1. The van der Waals surface area contributed by atoms with E-state index in [0.717, 1.165) is 12.3 Å². The predicted molar refractivity (Wildman–Crippen MR) is 50.9 cm³/mol. The molecule has 1 rings (SSSR count). The molecule has 15 heavy (non-hydrogen) atoms. The van der Waals surface area contributed by atoms with Gasteiger partial charge in [-0.2, -0.15) is 0 Å². The van der Waals surface area contributed by atoms with E-state index < -0.39 is 17.3 Å². The summed E-state index contributed by atoms with van der Waals surface area (Å²) in [6.45, 7) is 0. The highest BCUT2D eigenvalue weighted by Gasteiger charge is 2.10. The van der Waals surface area contributed by atoms with Gasteiger partial charge < -0.3 is 9.90 Å². The van der Waals surface area contributed by atoms with Crippen LogP contribution in [0.1, 0.15) is 22.5 Å². The van der Waals surface area contributed by atoms with Gasteiger partial charge in [-0.25, -0.2) is 9.18 Å². The molecule has 0 saturated heterocycles. The number of carbonyl (C=O) groups excluding carboxylic acids is 1. The summed E-state index contributed by atoms with van der Waals surface area (Å²) in [5, 5.41) is 8.61. The molecule has 0 aliphatic heterocycles. The van der Waals surface area contributed by atoms with Crippen LogP contribution in [0.25, 0.3) is 6.08 Å². The topological polar surface area (TPSA) is 67.3 Å². The maximum atomic E-state index is 12.9. The van der Waals surface area contributed by atoms with Gasteiger partial charge in [-0.3, -0.25) is 4.98 Å². The summed E-state index contributed by atoms with van der Waals surface area (Å²) < 4.78 is 12.9. The third kappa shape index (κ3) is 2.98. The molecule has 5 heteroatoms. The second-order valence-electron chi connectivity index (χ2n) is 2.70. The largest absolute Gasteiger partial charge is 0.478 e. The van der Waals surface area contributed by atoms with E-state index in [1.54, 1.807) is 0 Å². The first-order valence-corrected chi connectivity index (χ1v) is 4.14. The molecule has 0 aromatic carbocycles. The van der Waals surface area contributed by atoms with Gasteiger partial charge >= 0.3 is 5.97 Å². The van der Waals surface area contributed by atoms with Crippen molar-refractivity contribution in [2.75, 3.05) is 0 Å². The van der Waals surface area contributed by atoms with Gasteiger partial charge in [-0.1, -0.05) is 6.08 Å². The molecule has 0 fully saturated rings. The highest BCUT2D eigenvalue weighted by atomic mass is 19.1. The molecule has 1 N–H and O–H groups in total. The molecule has 0 aliphatic rings. The Hall–Kier alpha value is -2.04. The number of pyridine rings is 1. The van der Waals surface area contributed by atoms with E-state index in [0.29, 0.717) is 12.0 Å². The first-order valence-electron chi connectivity index (χ1n) is 4.14. The Morgan fingerprint density at radius 2 is 2.33 bits per heavy atom. The van der Waals surface area contributed by atoms with Crippen LogP contribution >= 0.6 is 0 Å². The van der Waals surface area contributed by atoms with Crippen molar-refractivity contribution < 1.29 is 19.1 Å². The third-order valence-electron chi connectivity index (χ3n) is 1.63. The Morgan fingerprint density at radius 3 is 2.93 bits per heavy atom. The van der Waals surface area contributed by atoms with Crippen LogP contribution in [0.2, 0.25) is 0 Å². The minimum atomic E-state index is -1.35. The van der Waals surface area contributed by atoms with Gasteiger partial charge in [0.25, 0.3) is 0 Å². The van der Waals surface area contributed by atoms with Crippen molar-refractivity contribution in [2.24, 2.45) is 0 Å². The normalized spacial score (nSPS) is 10.5. The standard InChI is InChI=1S/C10H8FNO3/c11-9-6-12-7(3-1-2-4-13)5-8(9)10(14)15/h1,3-6H,2H2,(H,14,15). The fraction of sp³-hybridized carbons (Fsp3) is 0.100. The van der Waals surface area contributed by atoms with E-state index in [1.165, 1.54) is 12.2 Å². The van der Waals surface area contributed by atoms with Crippen molar-refractivity contribution in [2.45, 2.75) is 6.42 Å². The van der Waals surface area contributed by atoms with Crippen LogP contribution in [-0.4, -0.2) is 22.3 Å². The smallest absolute Gasteiger partial charge is 0.338 e. The molecule has 0 bridgehead atoms. The third-order valence-corrected chi connectivity index (χ3v) is 1.63. The van der Waals surface area contributed by atoms with Crippen LogP contribution in [0.5, 0.6) is 0 Å². The van der Waals surface area contributed by atoms with Gasteiger partial charge in [0.15, 0.2) is 5.82 Å². The maximum absolute atomic E-state index is 12.9. The highest BCUT2D eigenvalue weighted by molar-refractivity contribution is 5.88. The van der Waals surface area contributed by atoms with Gasteiger partial charge in [0.2, 0.25) is 0 Å². The number of halogens is 1. The summed E-state index contributed by atoms with van der Waals surface area (Å²) in [5.41, 5.74) is -0.133. The lowest BCUT2D eigenvalue weighted by molar-refractivity contribution is -0.107. The Morgan fingerprint density at radius 1 is 1.60 bits per heavy atom. The average Bonchev–Trinajstić information content (AvgIpc) is 2.20. The zero-order chi connectivity index (χ0) is 11.3. The van der Waals surface area contributed by atoms with E-state index in [-0.39, 0.29) is 6.42 Å². The number of aldehydes is 1. The lowest BCUT2D eigenvalue weighted by atomic mass is 10.2. The number of carboxylic acids is 1. The van der Waals surface area contributed by atoms with Gasteiger partial charge in [0.1, 0.15) is 6.29 Å². The summed E-state index contributed by atoms with van der Waals surface area (Å²) in [7, 11) is 0. The first kappa shape index (κ1) is 11.0. The number of carboxylic acid groups (broad SMARTS) is 1. The molecule has 0 radical (unpaired) electrons. The molecule has 0 spiro atoms. The van der Waals surface area contributed by atoms with Crippen LogP contribution < -0.4 is 0 Å². The fourth-order valence-electron chi connectivity index (χ4n) is 0.954. The van der Waals surface area contributed by atoms with Crippen LogP contribution in [0.3, 0.4) is 0 Å². The van der Waals surface area contributed by atoms with E-state index in [4.69, 9.17) is 5.11 Å². The van der Waals surface area contributed by atoms with E-state index in [2.05, 4.69) is 4.98 Å². The first-order chi connectivity index (χ1) is 7.15. The number of nitrogens with zero attached hydrogens (tertiary/aromatic N) is 1. The predicted octanol–water partition coefficient (Wildman–Crippen LogP) is 1.52. The number of carbonyl (C=O) groups is 2. The van der Waals surface area contributed by atoms with Crippen molar-refractivity contribution in [3.05, 3.63) is 35.4 Å². The Labute approximate surface area is 85.1 Å². The molecule has 0 amide bonds. The fourth-order valence-corrected chi connectivity index (χ4v) is 0.954. The molecule has 0 aliphatic carbocycles. The van der Waals surface area contributed by atoms with Crippen molar-refractivity contribution in [1.29, 1.82) is 0 Å². The number of hydrogen-bond acceptors (Lipinski definition) is 3. The number of aromatic nitrogens is 1. The molecule has 0 saturated carbocycles. The summed E-state index contributed by atoms with van der Waals surface area (Å²) in [6.07, 6.45) is 4.71. The van der Waals surface area contributed by atoms with E-state index >= 15 is 0 Å². The highest BCUT2D eigenvalue weighted by Crippen LogP contribution is 2.09. The number of hydrogen-bond donors (Lipinski definition) is 1. The molecule has 0 atom stereocenters. The maximum Gasteiger partial charge on any atom is 0.338 e. The van der Waals surface area contributed by atoms with E-state index in [9.17, 15) is 14.0 Å². The molecular formula is C10H8FNO3. The minimum Gasteiger partial charge on any atom is -0.478 e. The quantitative estimate of drug-likeness (QED) is 0.763. The van der Waals surface area contributed by atoms with Crippen LogP contribution in [-0.2, 0) is 4.79 Å². The van der Waals surface area contributed by atoms with E-state index in [1.807, 2.05) is 0 Å². The van der Waals surface area contributed by atoms with Crippen LogP contribution in [0.15, 0.2) is 18.3 Å².